The molecule has 0 aromatic heterocycles. The molecule has 0 saturated heterocycles. The molecule has 7 rings (SSSR count). The number of carboxylic acid groups (broad SMARTS) is 1. The van der Waals surface area contributed by atoms with E-state index < -0.39 is 40.6 Å². The monoisotopic (exact) mass is 877 g/mol. The van der Waals surface area contributed by atoms with Gasteiger partial charge in [-0.2, -0.15) is 0 Å². The van der Waals surface area contributed by atoms with Gasteiger partial charge < -0.3 is 26.2 Å². The Hall–Kier alpha value is -3.24. The first kappa shape index (κ1) is 45.3. The lowest BCUT2D eigenvalue weighted by Crippen LogP contribution is -2.66. The number of hydrogen-bond acceptors (Lipinski definition) is 7. The molecule has 62 heavy (non-hydrogen) atoms. The zero-order chi connectivity index (χ0) is 46.3. The number of ether oxygens (including phenoxy) is 1. The maximum absolute atomic E-state index is 14.2. The van der Waals surface area contributed by atoms with Crippen LogP contribution in [0.4, 0.5) is 0 Å². The van der Waals surface area contributed by atoms with E-state index in [2.05, 4.69) is 59.1 Å². The van der Waals surface area contributed by atoms with Crippen molar-refractivity contribution < 1.29 is 35.2 Å². The third kappa shape index (κ3) is 7.56. The van der Waals surface area contributed by atoms with E-state index in [-0.39, 0.29) is 76.6 Å². The molecule has 0 heterocycles. The van der Waals surface area contributed by atoms with E-state index in [1.807, 2.05) is 13.8 Å². The number of aliphatic carboxylic acids is 1. The summed E-state index contributed by atoms with van der Waals surface area (Å²) in [5, 5.41) is 16.1. The van der Waals surface area contributed by atoms with E-state index in [4.69, 9.17) is 22.1 Å². The van der Waals surface area contributed by atoms with E-state index >= 15 is 0 Å². The van der Waals surface area contributed by atoms with Crippen LogP contribution in [-0.4, -0.2) is 59.9 Å². The molecule has 10 nitrogen and oxygen atoms in total. The number of carbonyl (C=O) groups is 5. The summed E-state index contributed by atoms with van der Waals surface area (Å²) >= 11 is 6.04. The number of nitrogens with one attached hydrogen (secondary N) is 2. The van der Waals surface area contributed by atoms with Gasteiger partial charge in [0.05, 0.1) is 13.2 Å². The molecule has 11 atom stereocenters. The number of esters is 1. The first-order valence-electron chi connectivity index (χ1n) is 24.1. The molecule has 6 aliphatic carbocycles. The van der Waals surface area contributed by atoms with Crippen LogP contribution in [0.1, 0.15) is 158 Å². The van der Waals surface area contributed by atoms with Crippen LogP contribution in [0.5, 0.6) is 0 Å². The topological polar surface area (TPSA) is 165 Å². The van der Waals surface area contributed by atoms with Crippen LogP contribution in [-0.2, 0) is 23.9 Å². The molecule has 2 amide bonds. The molecule has 5 N–H and O–H groups in total. The summed E-state index contributed by atoms with van der Waals surface area (Å²) in [7, 11) is 0. The summed E-state index contributed by atoms with van der Waals surface area (Å²) in [6, 6.07) is 4.98. The van der Waals surface area contributed by atoms with Gasteiger partial charge in [0.2, 0.25) is 5.91 Å². The SMILES string of the molecule is [2H]C(CCCN)(CNC(=O)C[C@@]12CC[C@]3(C)[C@H](CC[C@@H]4[C@@]5(C)CC[C@H](OC(=O)[C@H]6C[C@@H](C(=O)O)C6(C)C)C(C)(C)[C@@H]5CC[C@]43C)C1=C(C(C)C)C(=O)C2)NC(=O)c1ccc(Cl)cc1. The fourth-order valence-corrected chi connectivity index (χ4v) is 15.1. The number of Topliss-reactive ketones (excluding diaryl/α,β-unsaturated/α-hetero) is 1. The van der Waals surface area contributed by atoms with Gasteiger partial charge >= 0.3 is 11.9 Å². The van der Waals surface area contributed by atoms with Crippen molar-refractivity contribution in [2.45, 2.75) is 158 Å². The van der Waals surface area contributed by atoms with Crippen molar-refractivity contribution in [3.05, 3.63) is 46.0 Å². The standard InChI is InChI=1S/C51H74ClN3O7/c1-29(2)41-36(56)26-51(27-40(57)54-28-32(11-10-24-53)55-43(58)30-12-14-31(52)15-13-30)23-22-49(8)33(42(41)51)16-17-38-48(7)20-19-39(47(5,6)37(48)18-21-50(38,49)9)62-45(61)35-25-34(44(59)60)46(35,3)4/h12-15,29,32-35,37-39H,10-11,16-28,53H2,1-9H3,(H,54,57)(H,55,58)(H,59,60)/t32?,33-,34+,35-,37+,38-,39+,48+,49-,50-,51+/m1/s1/i32D. The minimum Gasteiger partial charge on any atom is -0.481 e. The van der Waals surface area contributed by atoms with E-state index in [9.17, 15) is 30.4 Å². The number of rotatable bonds is 13. The molecule has 0 radical (unpaired) electrons. The largest absolute Gasteiger partial charge is 0.481 e. The quantitative estimate of drug-likeness (QED) is 0.142. The van der Waals surface area contributed by atoms with Crippen molar-refractivity contribution in [3.8, 4) is 0 Å². The minimum atomic E-state index is -1.49. The number of fused-ring (bicyclic) bond motifs is 7. The summed E-state index contributed by atoms with van der Waals surface area (Å²) in [5.41, 5.74) is 6.75. The van der Waals surface area contributed by atoms with Gasteiger partial charge in [0.15, 0.2) is 5.78 Å². The fourth-order valence-electron chi connectivity index (χ4n) is 15.0. The number of hydrogen-bond donors (Lipinski definition) is 4. The number of allylic oxidation sites excluding steroid dienone is 2. The average Bonchev–Trinajstić information content (AvgIpc) is 3.49. The van der Waals surface area contributed by atoms with Gasteiger partial charge in [-0.15, -0.1) is 0 Å². The molecule has 5 fully saturated rings. The Kier molecular flexibility index (Phi) is 12.2. The van der Waals surface area contributed by atoms with Crippen molar-refractivity contribution in [2.75, 3.05) is 13.1 Å². The highest BCUT2D eigenvalue weighted by Gasteiger charge is 2.70. The molecule has 1 unspecified atom stereocenters. The Balaban J connectivity index is 1.09. The minimum absolute atomic E-state index is 0.0162. The number of carbonyl (C=O) groups excluding carboxylic acids is 4. The number of ketones is 1. The number of carboxylic acids is 1. The predicted octanol–water partition coefficient (Wildman–Crippen LogP) is 9.32. The van der Waals surface area contributed by atoms with Gasteiger partial charge in [-0.05, 0) is 152 Å². The molecule has 0 spiro atoms. The van der Waals surface area contributed by atoms with Crippen molar-refractivity contribution in [3.63, 3.8) is 0 Å². The first-order valence-corrected chi connectivity index (χ1v) is 23.9. The van der Waals surface area contributed by atoms with Gasteiger partial charge in [0.25, 0.3) is 5.91 Å². The third-order valence-electron chi connectivity index (χ3n) is 18.7. The molecule has 342 valence electrons. The molecular formula is C51H74ClN3O7. The van der Waals surface area contributed by atoms with E-state index in [1.165, 1.54) is 5.57 Å². The van der Waals surface area contributed by atoms with Gasteiger partial charge in [0.1, 0.15) is 6.10 Å². The van der Waals surface area contributed by atoms with Crippen LogP contribution in [0.15, 0.2) is 35.4 Å². The predicted molar refractivity (Wildman–Crippen MR) is 241 cm³/mol. The normalized spacial score (nSPS) is 37.9. The Morgan fingerprint density at radius 3 is 2.23 bits per heavy atom. The van der Waals surface area contributed by atoms with Crippen molar-refractivity contribution in [1.82, 2.24) is 10.6 Å². The Labute approximate surface area is 376 Å². The first-order chi connectivity index (χ1) is 29.3. The number of halogens is 1. The van der Waals surface area contributed by atoms with Crippen LogP contribution >= 0.6 is 11.6 Å². The Morgan fingerprint density at radius 1 is 0.903 bits per heavy atom. The molecular weight excluding hydrogens is 802 g/mol. The summed E-state index contributed by atoms with van der Waals surface area (Å²) in [4.78, 5) is 67.2. The molecule has 6 aliphatic rings. The Bertz CT molecular complexity index is 2050. The summed E-state index contributed by atoms with van der Waals surface area (Å²) < 4.78 is 15.7. The summed E-state index contributed by atoms with van der Waals surface area (Å²) in [5.74, 6) is -1.57. The van der Waals surface area contributed by atoms with E-state index in [0.29, 0.717) is 48.2 Å². The average molecular weight is 878 g/mol. The molecule has 0 bridgehead atoms. The second-order valence-corrected chi connectivity index (χ2v) is 23.1. The second-order valence-electron chi connectivity index (χ2n) is 22.7. The molecule has 5 saturated carbocycles. The number of benzene rings is 1. The maximum atomic E-state index is 14.2. The van der Waals surface area contributed by atoms with Crippen LogP contribution in [0, 0.1) is 68.0 Å². The van der Waals surface area contributed by atoms with Crippen LogP contribution < -0.4 is 16.4 Å². The van der Waals surface area contributed by atoms with Crippen LogP contribution in [0.25, 0.3) is 0 Å². The molecule has 0 aliphatic heterocycles. The maximum Gasteiger partial charge on any atom is 0.309 e. The van der Waals surface area contributed by atoms with Gasteiger partial charge in [-0.25, -0.2) is 0 Å². The lowest BCUT2D eigenvalue weighted by molar-refractivity contribution is -0.236. The van der Waals surface area contributed by atoms with Gasteiger partial charge in [-0.1, -0.05) is 79.5 Å². The molecule has 1 aromatic rings. The van der Waals surface area contributed by atoms with Gasteiger partial charge in [-0.3, -0.25) is 24.0 Å². The Morgan fingerprint density at radius 2 is 1.60 bits per heavy atom. The highest BCUT2D eigenvalue weighted by atomic mass is 35.5. The molecule has 11 heteroatoms. The summed E-state index contributed by atoms with van der Waals surface area (Å²) in [6.45, 7) is 20.3. The third-order valence-corrected chi connectivity index (χ3v) is 19.0. The van der Waals surface area contributed by atoms with E-state index in [1.54, 1.807) is 24.3 Å². The fraction of sp³-hybridized carbons (Fsp3) is 0.745. The smallest absolute Gasteiger partial charge is 0.309 e. The summed E-state index contributed by atoms with van der Waals surface area (Å²) in [6.07, 6.45) is 8.74. The van der Waals surface area contributed by atoms with E-state index in [0.717, 1.165) is 56.9 Å². The zero-order valence-corrected chi connectivity index (χ0v) is 39.6. The highest BCUT2D eigenvalue weighted by molar-refractivity contribution is 6.30. The molecule has 1 aromatic carbocycles. The number of amides is 2. The lowest BCUT2D eigenvalue weighted by Gasteiger charge is -2.72. The number of nitrogens with two attached hydrogens (primary N) is 1. The second kappa shape index (κ2) is 16.6. The van der Waals surface area contributed by atoms with Crippen LogP contribution in [0.3, 0.4) is 0 Å². The lowest BCUT2D eigenvalue weighted by atomic mass is 9.33. The van der Waals surface area contributed by atoms with Crippen molar-refractivity contribution >= 4 is 41.1 Å². The van der Waals surface area contributed by atoms with Crippen molar-refractivity contribution in [2.24, 2.45) is 73.7 Å². The van der Waals surface area contributed by atoms with Crippen LogP contribution in [0.2, 0.25) is 5.02 Å². The highest BCUT2D eigenvalue weighted by Crippen LogP contribution is 2.77. The zero-order valence-electron chi connectivity index (χ0n) is 39.8. The van der Waals surface area contributed by atoms with Crippen molar-refractivity contribution in [1.29, 1.82) is 0 Å². The van der Waals surface area contributed by atoms with Gasteiger partial charge in [0, 0.05) is 46.8 Å².